The molecule has 118 valence electrons. The Kier molecular flexibility index (Phi) is 4.92. The first kappa shape index (κ1) is 15.7. The number of nitrogens with zero attached hydrogens (tertiary/aromatic N) is 2. The van der Waals surface area contributed by atoms with Crippen LogP contribution >= 0.6 is 0 Å². The molecule has 0 radical (unpaired) electrons. The second-order valence-corrected chi connectivity index (χ2v) is 4.30. The average molecular weight is 311 g/mol. The van der Waals surface area contributed by atoms with Gasteiger partial charge in [-0.15, -0.1) is 0 Å². The van der Waals surface area contributed by atoms with Crippen molar-refractivity contribution in [1.82, 2.24) is 9.78 Å². The molecular formula is C14H15F2N3O3. The first-order valence-electron chi connectivity index (χ1n) is 6.52. The fourth-order valence-corrected chi connectivity index (χ4v) is 1.78. The smallest absolute Gasteiger partial charge is 0.387 e. The lowest BCUT2D eigenvalue weighted by molar-refractivity contribution is -0.0514. The monoisotopic (exact) mass is 311 g/mol. The number of hydrogen-bond donors (Lipinski definition) is 1. The van der Waals surface area contributed by atoms with Gasteiger partial charge in [-0.2, -0.15) is 13.9 Å². The zero-order valence-electron chi connectivity index (χ0n) is 12.0. The fraction of sp³-hybridized carbons (Fsp3) is 0.286. The van der Waals surface area contributed by atoms with Gasteiger partial charge in [0.2, 0.25) is 0 Å². The number of alkyl halides is 2. The van der Waals surface area contributed by atoms with E-state index in [9.17, 15) is 13.6 Å². The minimum atomic E-state index is -2.97. The van der Waals surface area contributed by atoms with Gasteiger partial charge >= 0.3 is 6.61 Å². The van der Waals surface area contributed by atoms with E-state index in [2.05, 4.69) is 15.2 Å². The molecule has 0 aliphatic carbocycles. The number of amides is 1. The van der Waals surface area contributed by atoms with Gasteiger partial charge in [0.05, 0.1) is 6.61 Å². The highest BCUT2D eigenvalue weighted by Crippen LogP contribution is 2.30. The molecule has 2 aromatic rings. The first-order valence-corrected chi connectivity index (χ1v) is 6.52. The number of nitrogens with one attached hydrogen (secondary N) is 1. The van der Waals surface area contributed by atoms with Crippen LogP contribution in [0.15, 0.2) is 30.5 Å². The van der Waals surface area contributed by atoms with Crippen molar-refractivity contribution in [2.24, 2.45) is 7.05 Å². The quantitative estimate of drug-likeness (QED) is 0.891. The molecule has 0 bridgehead atoms. The Morgan fingerprint density at radius 3 is 2.73 bits per heavy atom. The second kappa shape index (κ2) is 6.88. The maximum Gasteiger partial charge on any atom is 0.387 e. The molecule has 1 heterocycles. The van der Waals surface area contributed by atoms with Crippen molar-refractivity contribution in [3.63, 3.8) is 0 Å². The van der Waals surface area contributed by atoms with E-state index in [4.69, 9.17) is 4.74 Å². The second-order valence-electron chi connectivity index (χ2n) is 4.30. The van der Waals surface area contributed by atoms with Crippen molar-refractivity contribution in [3.05, 3.63) is 36.0 Å². The third-order valence-electron chi connectivity index (χ3n) is 2.68. The van der Waals surface area contributed by atoms with Crippen LogP contribution in [-0.4, -0.2) is 28.9 Å². The van der Waals surface area contributed by atoms with Crippen LogP contribution in [0.2, 0.25) is 0 Å². The van der Waals surface area contributed by atoms with E-state index in [1.54, 1.807) is 30.9 Å². The van der Waals surface area contributed by atoms with Crippen molar-refractivity contribution in [3.8, 4) is 11.5 Å². The maximum absolute atomic E-state index is 12.3. The van der Waals surface area contributed by atoms with Crippen LogP contribution in [0.1, 0.15) is 17.3 Å². The molecule has 1 amide bonds. The van der Waals surface area contributed by atoms with Gasteiger partial charge in [0.15, 0.2) is 17.3 Å². The third-order valence-corrected chi connectivity index (χ3v) is 2.68. The van der Waals surface area contributed by atoms with E-state index in [1.165, 1.54) is 18.2 Å². The normalized spacial score (nSPS) is 10.6. The Labute approximate surface area is 125 Å². The van der Waals surface area contributed by atoms with Crippen LogP contribution in [0.5, 0.6) is 11.5 Å². The number of hydrogen-bond acceptors (Lipinski definition) is 4. The lowest BCUT2D eigenvalue weighted by Crippen LogP contribution is -2.13. The van der Waals surface area contributed by atoms with Crippen molar-refractivity contribution in [2.45, 2.75) is 13.5 Å². The molecule has 0 spiro atoms. The van der Waals surface area contributed by atoms with E-state index < -0.39 is 12.5 Å². The molecule has 0 unspecified atom stereocenters. The number of aromatic nitrogens is 2. The van der Waals surface area contributed by atoms with Crippen molar-refractivity contribution in [2.75, 3.05) is 11.9 Å². The summed E-state index contributed by atoms with van der Waals surface area (Å²) in [7, 11) is 1.72. The SMILES string of the molecule is CCOc1cc(C(=O)Nc2ccn(C)n2)ccc1OC(F)F. The fourth-order valence-electron chi connectivity index (χ4n) is 1.78. The van der Waals surface area contributed by atoms with Crippen molar-refractivity contribution in [1.29, 1.82) is 0 Å². The molecule has 2 rings (SSSR count). The van der Waals surface area contributed by atoms with Crippen LogP contribution < -0.4 is 14.8 Å². The Morgan fingerprint density at radius 2 is 2.14 bits per heavy atom. The highest BCUT2D eigenvalue weighted by molar-refractivity contribution is 6.04. The van der Waals surface area contributed by atoms with Crippen LogP contribution in [0.4, 0.5) is 14.6 Å². The largest absolute Gasteiger partial charge is 0.490 e. The summed E-state index contributed by atoms with van der Waals surface area (Å²) in [5, 5.41) is 6.61. The summed E-state index contributed by atoms with van der Waals surface area (Å²) >= 11 is 0. The van der Waals surface area contributed by atoms with Crippen LogP contribution in [0, 0.1) is 0 Å². The molecule has 0 aliphatic heterocycles. The molecule has 6 nitrogen and oxygen atoms in total. The van der Waals surface area contributed by atoms with E-state index in [1.807, 2.05) is 0 Å². The van der Waals surface area contributed by atoms with Gasteiger partial charge in [0, 0.05) is 24.9 Å². The summed E-state index contributed by atoms with van der Waals surface area (Å²) in [5.41, 5.74) is 0.246. The number of benzene rings is 1. The van der Waals surface area contributed by atoms with Crippen LogP contribution in [0.3, 0.4) is 0 Å². The molecule has 0 fully saturated rings. The lowest BCUT2D eigenvalue weighted by atomic mass is 10.2. The van der Waals surface area contributed by atoms with E-state index >= 15 is 0 Å². The number of rotatable bonds is 6. The highest BCUT2D eigenvalue weighted by atomic mass is 19.3. The van der Waals surface area contributed by atoms with E-state index in [0.29, 0.717) is 5.82 Å². The maximum atomic E-state index is 12.3. The molecule has 22 heavy (non-hydrogen) atoms. The lowest BCUT2D eigenvalue weighted by Gasteiger charge is -2.12. The predicted molar refractivity (Wildman–Crippen MR) is 75.4 cm³/mol. The third kappa shape index (κ3) is 3.94. The van der Waals surface area contributed by atoms with Gasteiger partial charge in [0.1, 0.15) is 0 Å². The number of carbonyl (C=O) groups is 1. The zero-order valence-corrected chi connectivity index (χ0v) is 12.0. The minimum absolute atomic E-state index is 0.0801. The summed E-state index contributed by atoms with van der Waals surface area (Å²) in [6.07, 6.45) is 1.68. The molecule has 1 N–H and O–H groups in total. The van der Waals surface area contributed by atoms with E-state index in [0.717, 1.165) is 0 Å². The van der Waals surface area contributed by atoms with Crippen LogP contribution in [-0.2, 0) is 7.05 Å². The molecule has 0 atom stereocenters. The summed E-state index contributed by atoms with van der Waals surface area (Å²) in [5.74, 6) is -0.0793. The van der Waals surface area contributed by atoms with Gasteiger partial charge < -0.3 is 14.8 Å². The number of aryl methyl sites for hydroxylation is 1. The zero-order chi connectivity index (χ0) is 16.1. The van der Waals surface area contributed by atoms with Gasteiger partial charge in [-0.1, -0.05) is 0 Å². The van der Waals surface area contributed by atoms with Gasteiger partial charge in [0.25, 0.3) is 5.91 Å². The van der Waals surface area contributed by atoms with Crippen molar-refractivity contribution >= 4 is 11.7 Å². The number of halogens is 2. The van der Waals surface area contributed by atoms with Gasteiger partial charge in [-0.05, 0) is 25.1 Å². The van der Waals surface area contributed by atoms with Gasteiger partial charge in [-0.3, -0.25) is 9.48 Å². The number of anilines is 1. The van der Waals surface area contributed by atoms with Crippen LogP contribution in [0.25, 0.3) is 0 Å². The minimum Gasteiger partial charge on any atom is -0.490 e. The topological polar surface area (TPSA) is 65.4 Å². The predicted octanol–water partition coefficient (Wildman–Crippen LogP) is 2.67. The van der Waals surface area contributed by atoms with Crippen molar-refractivity contribution < 1.29 is 23.0 Å². The summed E-state index contributed by atoms with van der Waals surface area (Å²) < 4.78 is 35.8. The summed E-state index contributed by atoms with van der Waals surface area (Å²) in [6, 6.07) is 5.62. The molecule has 0 aliphatic rings. The number of ether oxygens (including phenoxy) is 2. The Bertz CT molecular complexity index is 659. The molecular weight excluding hydrogens is 296 g/mol. The molecule has 1 aromatic heterocycles. The average Bonchev–Trinajstić information content (AvgIpc) is 2.85. The first-order chi connectivity index (χ1) is 10.5. The molecule has 1 aromatic carbocycles. The Hall–Kier alpha value is -2.64. The standard InChI is InChI=1S/C14H15F2N3O3/c1-3-21-11-8-9(4-5-10(11)22-14(15)16)13(20)17-12-6-7-19(2)18-12/h4-8,14H,3H2,1-2H3,(H,17,18,20). The highest BCUT2D eigenvalue weighted by Gasteiger charge is 2.15. The summed E-state index contributed by atoms with van der Waals surface area (Å²) in [4.78, 5) is 12.1. The molecule has 0 saturated carbocycles. The van der Waals surface area contributed by atoms with Gasteiger partial charge in [-0.25, -0.2) is 0 Å². The Morgan fingerprint density at radius 1 is 1.36 bits per heavy atom. The van der Waals surface area contributed by atoms with E-state index in [-0.39, 0.29) is 23.7 Å². The molecule has 8 heteroatoms. The number of carbonyl (C=O) groups excluding carboxylic acids is 1. The Balaban J connectivity index is 2.19. The molecule has 0 saturated heterocycles. The summed E-state index contributed by atoms with van der Waals surface area (Å²) in [6.45, 7) is -1.01.